The average Bonchev–Trinajstić information content (AvgIpc) is 3.76. The molecular formula is C29H39N7O2. The summed E-state index contributed by atoms with van der Waals surface area (Å²) in [5.74, 6) is 0.137. The molecule has 0 bridgehead atoms. The van der Waals surface area contributed by atoms with E-state index in [0.29, 0.717) is 11.6 Å². The molecule has 2 saturated heterocycles. The number of hydrogen-bond acceptors (Lipinski definition) is 7. The molecule has 202 valence electrons. The van der Waals surface area contributed by atoms with E-state index in [1.54, 1.807) is 6.20 Å². The van der Waals surface area contributed by atoms with Gasteiger partial charge in [0.15, 0.2) is 11.5 Å². The van der Waals surface area contributed by atoms with E-state index < -0.39 is 5.91 Å². The van der Waals surface area contributed by atoms with Crippen LogP contribution < -0.4 is 21.3 Å². The van der Waals surface area contributed by atoms with E-state index in [4.69, 9.17) is 10.7 Å². The van der Waals surface area contributed by atoms with Crippen LogP contribution in [0.15, 0.2) is 43.1 Å². The van der Waals surface area contributed by atoms with Crippen molar-refractivity contribution in [1.82, 2.24) is 20.2 Å². The van der Waals surface area contributed by atoms with Crippen LogP contribution in [-0.4, -0.2) is 64.4 Å². The molecule has 0 radical (unpaired) electrons. The summed E-state index contributed by atoms with van der Waals surface area (Å²) in [7, 11) is 0. The first-order valence-electron chi connectivity index (χ1n) is 13.8. The lowest BCUT2D eigenvalue weighted by atomic mass is 9.74. The molecular weight excluding hydrogens is 478 g/mol. The Morgan fingerprint density at radius 1 is 1.13 bits per heavy atom. The van der Waals surface area contributed by atoms with Crippen molar-refractivity contribution in [3.05, 3.63) is 54.4 Å². The molecule has 9 nitrogen and oxygen atoms in total. The van der Waals surface area contributed by atoms with Gasteiger partial charge in [0, 0.05) is 30.4 Å². The summed E-state index contributed by atoms with van der Waals surface area (Å²) in [4.78, 5) is 37.9. The molecule has 2 aromatic rings. The summed E-state index contributed by atoms with van der Waals surface area (Å²) >= 11 is 0. The van der Waals surface area contributed by atoms with Crippen molar-refractivity contribution in [3.63, 3.8) is 0 Å². The fourth-order valence-electron chi connectivity index (χ4n) is 5.89. The van der Waals surface area contributed by atoms with Crippen molar-refractivity contribution in [2.45, 2.75) is 75.9 Å². The van der Waals surface area contributed by atoms with E-state index in [9.17, 15) is 9.59 Å². The number of benzene rings is 1. The number of carbonyl (C=O) groups is 2. The minimum Gasteiger partial charge on any atom is -0.364 e. The van der Waals surface area contributed by atoms with Crippen LogP contribution in [0.25, 0.3) is 0 Å². The number of carbonyl (C=O) groups excluding carboxylic acids is 2. The van der Waals surface area contributed by atoms with Crippen LogP contribution in [0.3, 0.4) is 0 Å². The summed E-state index contributed by atoms with van der Waals surface area (Å²) < 4.78 is 0. The third kappa shape index (κ3) is 5.53. The van der Waals surface area contributed by atoms with Gasteiger partial charge in [-0.15, -0.1) is 0 Å². The summed E-state index contributed by atoms with van der Waals surface area (Å²) in [5, 5.41) is 6.29. The van der Waals surface area contributed by atoms with Crippen molar-refractivity contribution in [1.29, 1.82) is 0 Å². The Hall–Kier alpha value is -3.46. The van der Waals surface area contributed by atoms with Gasteiger partial charge < -0.3 is 26.2 Å². The quantitative estimate of drug-likeness (QED) is 0.459. The minimum absolute atomic E-state index is 0.000544. The normalized spacial score (nSPS) is 23.5. The number of aromatic nitrogens is 2. The maximum Gasteiger partial charge on any atom is 0.271 e. The first-order valence-corrected chi connectivity index (χ1v) is 13.8. The van der Waals surface area contributed by atoms with Gasteiger partial charge >= 0.3 is 0 Å². The average molecular weight is 518 g/mol. The van der Waals surface area contributed by atoms with E-state index in [2.05, 4.69) is 58.0 Å². The molecule has 38 heavy (non-hydrogen) atoms. The molecule has 4 N–H and O–H groups in total. The number of piperidine rings is 2. The van der Waals surface area contributed by atoms with E-state index in [1.807, 2.05) is 12.1 Å². The van der Waals surface area contributed by atoms with Crippen LogP contribution in [0.5, 0.6) is 0 Å². The number of nitrogens with one attached hydrogen (secondary N) is 2. The van der Waals surface area contributed by atoms with Crippen molar-refractivity contribution in [2.24, 2.45) is 5.73 Å². The zero-order chi connectivity index (χ0) is 26.9. The number of primary amides is 1. The Morgan fingerprint density at radius 3 is 2.47 bits per heavy atom. The van der Waals surface area contributed by atoms with Gasteiger partial charge in [-0.2, -0.15) is 0 Å². The molecule has 0 unspecified atom stereocenters. The lowest BCUT2D eigenvalue weighted by Gasteiger charge is -2.40. The SMILES string of the molecule is C=CC(=O)N[C@@H]1CCCN(c2cnc(C(N)=O)c(Nc3ccc(C4(C)CCN(C5CC5)CC4)cc3)n2)[C@@H]1C. The van der Waals surface area contributed by atoms with Gasteiger partial charge in [-0.05, 0) is 87.7 Å². The molecule has 2 aliphatic heterocycles. The Bertz CT molecular complexity index is 1190. The highest BCUT2D eigenvalue weighted by atomic mass is 16.2. The van der Waals surface area contributed by atoms with E-state index in [1.165, 1.54) is 37.6 Å². The molecule has 3 fully saturated rings. The molecule has 5 rings (SSSR count). The second-order valence-electron chi connectivity index (χ2n) is 11.2. The van der Waals surface area contributed by atoms with Crippen molar-refractivity contribution in [3.8, 4) is 0 Å². The zero-order valence-corrected chi connectivity index (χ0v) is 22.4. The number of anilines is 3. The molecule has 0 spiro atoms. The maximum atomic E-state index is 12.2. The Kier molecular flexibility index (Phi) is 7.38. The molecule has 1 aromatic carbocycles. The fraction of sp³-hybridized carbons (Fsp3) is 0.517. The number of nitrogens with zero attached hydrogens (tertiary/aromatic N) is 4. The van der Waals surface area contributed by atoms with Crippen molar-refractivity contribution in [2.75, 3.05) is 29.9 Å². The highest BCUT2D eigenvalue weighted by Crippen LogP contribution is 2.39. The molecule has 2 atom stereocenters. The van der Waals surface area contributed by atoms with Gasteiger partial charge in [0.1, 0.15) is 5.82 Å². The summed E-state index contributed by atoms with van der Waals surface area (Å²) in [6, 6.07) is 9.22. The highest BCUT2D eigenvalue weighted by molar-refractivity contribution is 5.96. The lowest BCUT2D eigenvalue weighted by Crippen LogP contribution is -2.54. The van der Waals surface area contributed by atoms with Gasteiger partial charge in [-0.1, -0.05) is 25.6 Å². The van der Waals surface area contributed by atoms with Gasteiger partial charge in [0.05, 0.1) is 6.20 Å². The number of amides is 2. The van der Waals surface area contributed by atoms with E-state index in [-0.39, 0.29) is 29.1 Å². The molecule has 1 aromatic heterocycles. The molecule has 9 heteroatoms. The number of hydrogen-bond donors (Lipinski definition) is 3. The monoisotopic (exact) mass is 517 g/mol. The highest BCUT2D eigenvalue weighted by Gasteiger charge is 2.37. The second kappa shape index (κ2) is 10.7. The van der Waals surface area contributed by atoms with Crippen LogP contribution in [-0.2, 0) is 10.2 Å². The standard InChI is InChI=1S/C29H39N7O2/c1-4-25(37)33-23-6-5-15-36(19(23)2)24-18-31-26(27(30)38)28(34-24)32-21-9-7-20(8-10-21)29(3)13-16-35(17-14-29)22-11-12-22/h4,7-10,18-19,22-23H,1,5-6,11-17H2,2-3H3,(H2,30,38)(H,32,34)(H,33,37)/t19-,23-/m1/s1. The molecule has 1 saturated carbocycles. The summed E-state index contributed by atoms with van der Waals surface area (Å²) in [5.41, 5.74) is 8.06. The van der Waals surface area contributed by atoms with Gasteiger partial charge in [0.25, 0.3) is 5.91 Å². The third-order valence-corrected chi connectivity index (χ3v) is 8.60. The molecule has 3 heterocycles. The smallest absolute Gasteiger partial charge is 0.271 e. The number of nitrogens with two attached hydrogens (primary N) is 1. The molecule has 1 aliphatic carbocycles. The Labute approximate surface area is 224 Å². The van der Waals surface area contributed by atoms with Gasteiger partial charge in [-0.3, -0.25) is 9.59 Å². The fourth-order valence-corrected chi connectivity index (χ4v) is 5.89. The van der Waals surface area contributed by atoms with Crippen LogP contribution in [0.2, 0.25) is 0 Å². The summed E-state index contributed by atoms with van der Waals surface area (Å²) in [6.45, 7) is 11.1. The van der Waals surface area contributed by atoms with E-state index in [0.717, 1.165) is 44.0 Å². The van der Waals surface area contributed by atoms with Crippen LogP contribution >= 0.6 is 0 Å². The number of likely N-dealkylation sites (tertiary alicyclic amines) is 1. The van der Waals surface area contributed by atoms with Crippen LogP contribution in [0, 0.1) is 0 Å². The summed E-state index contributed by atoms with van der Waals surface area (Å²) in [6.07, 6.45) is 9.69. The molecule has 2 amide bonds. The largest absolute Gasteiger partial charge is 0.364 e. The predicted octanol–water partition coefficient (Wildman–Crippen LogP) is 3.49. The maximum absolute atomic E-state index is 12.2. The van der Waals surface area contributed by atoms with Crippen LogP contribution in [0.1, 0.15) is 68.4 Å². The lowest BCUT2D eigenvalue weighted by molar-refractivity contribution is -0.117. The Morgan fingerprint density at radius 2 is 1.84 bits per heavy atom. The first kappa shape index (κ1) is 26.2. The predicted molar refractivity (Wildman–Crippen MR) is 150 cm³/mol. The minimum atomic E-state index is -0.638. The molecule has 3 aliphatic rings. The zero-order valence-electron chi connectivity index (χ0n) is 22.4. The van der Waals surface area contributed by atoms with Gasteiger partial charge in [0.2, 0.25) is 5.91 Å². The van der Waals surface area contributed by atoms with Crippen LogP contribution in [0.4, 0.5) is 17.3 Å². The topological polar surface area (TPSA) is 116 Å². The van der Waals surface area contributed by atoms with Crippen molar-refractivity contribution >= 4 is 29.1 Å². The van der Waals surface area contributed by atoms with E-state index >= 15 is 0 Å². The third-order valence-electron chi connectivity index (χ3n) is 8.60. The first-order chi connectivity index (χ1) is 18.3. The Balaban J connectivity index is 1.32. The van der Waals surface area contributed by atoms with Gasteiger partial charge in [-0.25, -0.2) is 9.97 Å². The van der Waals surface area contributed by atoms with Crippen molar-refractivity contribution < 1.29 is 9.59 Å². The number of rotatable bonds is 8. The second-order valence-corrected chi connectivity index (χ2v) is 11.2.